The van der Waals surface area contributed by atoms with Gasteiger partial charge < -0.3 is 10.3 Å². The molecular weight excluding hydrogens is 368 g/mol. The van der Waals surface area contributed by atoms with E-state index < -0.39 is 0 Å². The molecule has 0 aromatic carbocycles. The summed E-state index contributed by atoms with van der Waals surface area (Å²) in [5.74, 6) is 28.3. The standard InChI is InChI=1S/C14H22O.C14H2.H2O.10H2/c1-12(2)6-4-7-13-8-5-9-14(3,10-13)11-15;1-3-5-7-9-11-13-14-12-10-8-6-4-2;;;;;;;;;;;/h6,8,11H,4-5,7,9-10H2,1-3H3;1-2H;1H2;10*1H. The number of carbonyl (C=O) groups is 1. The third kappa shape index (κ3) is 16.2. The lowest BCUT2D eigenvalue weighted by Gasteiger charge is -2.28. The molecule has 0 aromatic heterocycles. The molecule has 2 nitrogen and oxygen atoms in total. The molecule has 0 saturated heterocycles. The topological polar surface area (TPSA) is 48.6 Å². The molecule has 1 aliphatic carbocycles. The molecule has 1 atom stereocenters. The molecule has 0 amide bonds. The van der Waals surface area contributed by atoms with E-state index in [0.29, 0.717) is 0 Å². The van der Waals surface area contributed by atoms with Gasteiger partial charge in [-0.15, -0.1) is 12.8 Å². The van der Waals surface area contributed by atoms with Crippen LogP contribution in [-0.2, 0) is 4.79 Å². The Balaban J connectivity index is -0.0000000308. The van der Waals surface area contributed by atoms with Crippen molar-refractivity contribution in [1.82, 2.24) is 0 Å². The summed E-state index contributed by atoms with van der Waals surface area (Å²) in [7, 11) is 0. The van der Waals surface area contributed by atoms with Crippen molar-refractivity contribution in [2.45, 2.75) is 52.9 Å². The predicted molar refractivity (Wildman–Crippen MR) is 146 cm³/mol. The molecule has 0 saturated carbocycles. The van der Waals surface area contributed by atoms with E-state index in [1.807, 2.05) is 0 Å². The second kappa shape index (κ2) is 18.4. The first-order valence-electron chi connectivity index (χ1n) is 9.16. The van der Waals surface area contributed by atoms with E-state index in [2.05, 4.69) is 104 Å². The second-order valence-corrected chi connectivity index (χ2v) is 6.71. The third-order valence-electron chi connectivity index (χ3n) is 3.79. The minimum atomic E-state index is -0.0882. The van der Waals surface area contributed by atoms with Crippen molar-refractivity contribution in [3.63, 3.8) is 0 Å². The Morgan fingerprint density at radius 3 is 1.87 bits per heavy atom. The van der Waals surface area contributed by atoms with Crippen molar-refractivity contribution >= 4 is 6.29 Å². The van der Waals surface area contributed by atoms with E-state index >= 15 is 0 Å². The lowest BCUT2D eigenvalue weighted by molar-refractivity contribution is -0.115. The number of rotatable bonds is 4. The molecular formula is C28H46O2. The summed E-state index contributed by atoms with van der Waals surface area (Å²) in [6.45, 7) is 6.34. The largest absolute Gasteiger partial charge is 0.412 e. The van der Waals surface area contributed by atoms with Crippen molar-refractivity contribution < 1.29 is 24.5 Å². The lowest BCUT2D eigenvalue weighted by Crippen LogP contribution is -2.21. The number of allylic oxidation sites excluding steroid dienone is 4. The Bertz CT molecular complexity index is 1000. The van der Waals surface area contributed by atoms with E-state index in [1.54, 1.807) is 0 Å². The van der Waals surface area contributed by atoms with Crippen LogP contribution in [0.25, 0.3) is 0 Å². The summed E-state index contributed by atoms with van der Waals surface area (Å²) in [4.78, 5) is 11.0. The number of hydrogen-bond acceptors (Lipinski definition) is 1. The number of terminal acetylenes is 2. The maximum atomic E-state index is 11.0. The van der Waals surface area contributed by atoms with Crippen LogP contribution in [0.5, 0.6) is 0 Å². The van der Waals surface area contributed by atoms with Crippen LogP contribution in [0.15, 0.2) is 23.3 Å². The van der Waals surface area contributed by atoms with Gasteiger partial charge in [-0.1, -0.05) is 30.2 Å². The highest BCUT2D eigenvalue weighted by Gasteiger charge is 2.26. The number of carbonyl (C=O) groups excluding carboxylic acids is 1. The van der Waals surface area contributed by atoms with Crippen LogP contribution >= 0.6 is 0 Å². The normalized spacial score (nSPS) is 14.5. The quantitative estimate of drug-likeness (QED) is 0.318. The Hall–Kier alpha value is -3.97. The zero-order chi connectivity index (χ0) is 21.8. The highest BCUT2D eigenvalue weighted by molar-refractivity contribution is 5.60. The Labute approximate surface area is 197 Å². The van der Waals surface area contributed by atoms with Gasteiger partial charge in [0.15, 0.2) is 0 Å². The van der Waals surface area contributed by atoms with Crippen LogP contribution in [0, 0.1) is 89.3 Å². The summed E-state index contributed by atoms with van der Waals surface area (Å²) in [6.07, 6.45) is 20.7. The lowest BCUT2D eigenvalue weighted by atomic mass is 9.76. The van der Waals surface area contributed by atoms with Crippen molar-refractivity contribution in [3.8, 4) is 83.9 Å². The average molecular weight is 415 g/mol. The molecule has 0 aromatic rings. The first kappa shape index (κ1) is 28.2. The molecule has 0 heterocycles. The van der Waals surface area contributed by atoms with E-state index in [4.69, 9.17) is 12.8 Å². The first-order chi connectivity index (χ1) is 14.0. The van der Waals surface area contributed by atoms with Crippen molar-refractivity contribution in [2.24, 2.45) is 5.41 Å². The summed E-state index contributed by atoms with van der Waals surface area (Å²) < 4.78 is 0. The Morgan fingerprint density at radius 2 is 1.47 bits per heavy atom. The van der Waals surface area contributed by atoms with Crippen LogP contribution < -0.4 is 0 Å². The van der Waals surface area contributed by atoms with Crippen LogP contribution in [0.1, 0.15) is 67.1 Å². The van der Waals surface area contributed by atoms with E-state index in [1.165, 1.54) is 11.1 Å². The minimum absolute atomic E-state index is 0. The molecule has 170 valence electrons. The molecule has 1 rings (SSSR count). The monoisotopic (exact) mass is 414 g/mol. The SMILES string of the molecule is C#CC#CC#CC#CC#CC#CC#C.CC(C)=CCCC1=CCCC(C)(C=O)C1.O.[HH].[HH].[HH].[HH].[HH].[HH].[HH].[HH].[HH].[HH]. The molecule has 2 heteroatoms. The summed E-state index contributed by atoms with van der Waals surface area (Å²) in [6, 6.07) is 0. The van der Waals surface area contributed by atoms with E-state index in [0.717, 1.165) is 38.4 Å². The highest BCUT2D eigenvalue weighted by Crippen LogP contribution is 2.35. The molecule has 0 spiro atoms. The Morgan fingerprint density at radius 1 is 1.00 bits per heavy atom. The summed E-state index contributed by atoms with van der Waals surface area (Å²) in [5.41, 5.74) is 2.76. The Kier molecular flexibility index (Phi) is 17.3. The molecule has 1 aliphatic rings. The molecule has 0 bridgehead atoms. The fourth-order valence-corrected chi connectivity index (χ4v) is 2.44. The van der Waals surface area contributed by atoms with Gasteiger partial charge in [0.25, 0.3) is 0 Å². The maximum absolute atomic E-state index is 11.0. The molecule has 1 unspecified atom stereocenters. The van der Waals surface area contributed by atoms with E-state index in [-0.39, 0.29) is 25.2 Å². The van der Waals surface area contributed by atoms with Gasteiger partial charge in [0.2, 0.25) is 0 Å². The van der Waals surface area contributed by atoms with Gasteiger partial charge in [-0.3, -0.25) is 0 Å². The average Bonchev–Trinajstić information content (AvgIpc) is 2.70. The molecule has 0 fully saturated rings. The smallest absolute Gasteiger partial charge is 0.126 e. The van der Waals surface area contributed by atoms with E-state index in [9.17, 15) is 4.79 Å². The van der Waals surface area contributed by atoms with Crippen molar-refractivity contribution in [3.05, 3.63) is 23.3 Å². The van der Waals surface area contributed by atoms with Crippen molar-refractivity contribution in [2.75, 3.05) is 0 Å². The summed E-state index contributed by atoms with van der Waals surface area (Å²) >= 11 is 0. The second-order valence-electron chi connectivity index (χ2n) is 6.71. The number of hydrogen-bond donors (Lipinski definition) is 0. The van der Waals surface area contributed by atoms with Crippen LogP contribution in [-0.4, -0.2) is 11.8 Å². The predicted octanol–water partition coefficient (Wildman–Crippen LogP) is 5.95. The zero-order valence-electron chi connectivity index (χ0n) is 17.8. The fraction of sp³-hybridized carbons (Fsp3) is 0.321. The number of aldehydes is 1. The van der Waals surface area contributed by atoms with Crippen LogP contribution in [0.3, 0.4) is 0 Å². The zero-order valence-corrected chi connectivity index (χ0v) is 17.8. The third-order valence-corrected chi connectivity index (χ3v) is 3.79. The molecule has 2 N–H and O–H groups in total. The van der Waals surface area contributed by atoms with Gasteiger partial charge in [0.05, 0.1) is 0 Å². The van der Waals surface area contributed by atoms with Crippen LogP contribution in [0.4, 0.5) is 0 Å². The van der Waals surface area contributed by atoms with Crippen molar-refractivity contribution in [1.29, 1.82) is 0 Å². The van der Waals surface area contributed by atoms with Crippen LogP contribution in [0.2, 0.25) is 0 Å². The minimum Gasteiger partial charge on any atom is -0.412 e. The van der Waals surface area contributed by atoms with Gasteiger partial charge in [-0.05, 0) is 117 Å². The molecule has 30 heavy (non-hydrogen) atoms. The first-order valence-corrected chi connectivity index (χ1v) is 9.16. The highest BCUT2D eigenvalue weighted by atomic mass is 16.1. The molecule has 0 radical (unpaired) electrons. The van der Waals surface area contributed by atoms with Gasteiger partial charge in [0, 0.05) is 19.7 Å². The summed E-state index contributed by atoms with van der Waals surface area (Å²) in [5, 5.41) is 0. The maximum Gasteiger partial charge on any atom is 0.126 e. The van der Waals surface area contributed by atoms with Gasteiger partial charge >= 0.3 is 0 Å². The molecule has 0 aliphatic heterocycles. The van der Waals surface area contributed by atoms with Gasteiger partial charge in [-0.25, -0.2) is 0 Å². The van der Waals surface area contributed by atoms with Gasteiger partial charge in [0.1, 0.15) is 6.29 Å². The fourth-order valence-electron chi connectivity index (χ4n) is 2.44. The van der Waals surface area contributed by atoms with Gasteiger partial charge in [-0.2, -0.15) is 0 Å².